The lowest BCUT2D eigenvalue weighted by Crippen LogP contribution is -1.93. The maximum Gasteiger partial charge on any atom is 0.131 e. The van der Waals surface area contributed by atoms with Gasteiger partial charge in [-0.1, -0.05) is 364 Å². The number of rotatable bonds is 22. The zero-order valence-electron chi connectivity index (χ0n) is 80.4. The van der Waals surface area contributed by atoms with Gasteiger partial charge in [0.15, 0.2) is 0 Å². The lowest BCUT2D eigenvalue weighted by Gasteiger charge is -2.18. The van der Waals surface area contributed by atoms with Crippen molar-refractivity contribution in [2.75, 3.05) is 0 Å². The average Bonchev–Trinajstić information content (AvgIpc) is 0.765. The summed E-state index contributed by atoms with van der Waals surface area (Å²) in [4.78, 5) is 29.3. The second kappa shape index (κ2) is 39.8. The molecule has 0 saturated heterocycles. The Bertz CT molecular complexity index is 8010. The molecular weight excluding hydrogens is 1790 g/mol. The molecule has 0 unspecified atom stereocenters. The van der Waals surface area contributed by atoms with Crippen LogP contribution in [0, 0.1) is 51.0 Å². The topological polar surface area (TPSA) is 77.3 Å². The van der Waals surface area contributed by atoms with Gasteiger partial charge >= 0.3 is 0 Å². The predicted molar refractivity (Wildman–Crippen MR) is 592 cm³/mol. The van der Waals surface area contributed by atoms with Crippen molar-refractivity contribution in [3.8, 4) is 246 Å². The molecule has 0 fully saturated rings. The van der Waals surface area contributed by atoms with Crippen molar-refractivity contribution >= 4 is 0 Å². The highest BCUT2D eigenvalue weighted by molar-refractivity contribution is 5.98. The van der Waals surface area contributed by atoms with Crippen LogP contribution in [0.4, 0.5) is 17.6 Å². The van der Waals surface area contributed by atoms with Gasteiger partial charge in [-0.2, -0.15) is 0 Å². The monoisotopic (exact) mass is 1880 g/mol. The second-order valence-electron chi connectivity index (χ2n) is 37.1. The van der Waals surface area contributed by atoms with E-state index in [1.165, 1.54) is 24.3 Å². The minimum Gasteiger partial charge on any atom is -0.256 e. The third-order valence-corrected chi connectivity index (χ3v) is 28.0. The third kappa shape index (κ3) is 18.3. The Hall–Kier alpha value is -18.6. The van der Waals surface area contributed by atoms with Gasteiger partial charge in [0.2, 0.25) is 0 Å². The summed E-state index contributed by atoms with van der Waals surface area (Å²) in [5.41, 5.74) is 44.6. The molecule has 0 radical (unpaired) electrons. The molecule has 5 aromatic heterocycles. The number of nitrogens with zero attached hydrogens (tertiary/aromatic N) is 6. The summed E-state index contributed by atoms with van der Waals surface area (Å²) in [7, 11) is 0. The van der Waals surface area contributed by atoms with E-state index in [1.807, 2.05) is 76.2 Å². The highest BCUT2D eigenvalue weighted by Crippen LogP contribution is 2.48. The Labute approximate surface area is 846 Å². The molecule has 0 aliphatic carbocycles. The number of hydrogen-bond donors (Lipinski definition) is 0. The van der Waals surface area contributed by atoms with Crippen LogP contribution in [0.1, 0.15) is 22.3 Å². The van der Waals surface area contributed by atoms with Crippen LogP contribution >= 0.6 is 0 Å². The van der Waals surface area contributed by atoms with Gasteiger partial charge in [0.1, 0.15) is 29.6 Å². The van der Waals surface area contributed by atoms with Crippen molar-refractivity contribution in [3.05, 3.63) is 532 Å². The maximum atomic E-state index is 15.1. The number of pyridine rings is 4. The van der Waals surface area contributed by atoms with Crippen molar-refractivity contribution in [2.24, 2.45) is 0 Å². The minimum absolute atomic E-state index is 0.280. The fourth-order valence-corrected chi connectivity index (χ4v) is 20.4. The molecule has 0 spiro atoms. The first kappa shape index (κ1) is 91.2. The largest absolute Gasteiger partial charge is 0.256 e. The zero-order chi connectivity index (χ0) is 98.8. The number of halogens is 4. The quantitative estimate of drug-likeness (QED) is 0.0629. The van der Waals surface area contributed by atoms with Crippen LogP contribution in [0.25, 0.3) is 246 Å². The van der Waals surface area contributed by atoms with Crippen molar-refractivity contribution in [3.63, 3.8) is 0 Å². The van der Waals surface area contributed by atoms with E-state index in [4.69, 9.17) is 29.9 Å². The Morgan fingerprint density at radius 3 is 0.418 bits per heavy atom. The lowest BCUT2D eigenvalue weighted by molar-refractivity contribution is 0.631. The number of benzene rings is 18. The maximum absolute atomic E-state index is 15.1. The first-order valence-corrected chi connectivity index (χ1v) is 48.9. The van der Waals surface area contributed by atoms with E-state index in [0.717, 1.165) is 246 Å². The SMILES string of the molecule is Cc1cc(-c2ccc(-c3ccccc3-c3cc(-c4ccccc4-c4ccc(-c5cc(-c6ccc(-c7ccccc7-c7cc(-c8ccccc8-c8ccc(-c9cc(C)c(-c%10ccccc%10F)cn9)cc8)cc(-c8ccccc8-c8ccc(-c9cc(C)c(-c%10ccccc%10F)cn9)cc8)c7)cc6)ncn5)cc4)cc(-c4ccccc4-c4ccc(-c5cc(C)c(-c6ccccc6F)cn5)cc4)c3)cc2)ncc1-c1ccccc1F. The fraction of sp³-hybridized carbons (Fsp3) is 0.0294. The normalized spacial score (nSPS) is 11.3. The van der Waals surface area contributed by atoms with Crippen LogP contribution in [0.3, 0.4) is 0 Å². The summed E-state index contributed by atoms with van der Waals surface area (Å²) in [5, 5.41) is 0. The Balaban J connectivity index is 0.560. The highest BCUT2D eigenvalue weighted by atomic mass is 19.1. The van der Waals surface area contributed by atoms with Crippen molar-refractivity contribution < 1.29 is 17.6 Å². The first-order chi connectivity index (χ1) is 71.6. The molecule has 0 aliphatic rings. The third-order valence-electron chi connectivity index (χ3n) is 28.0. The van der Waals surface area contributed by atoms with Gasteiger partial charge in [-0.15, -0.1) is 0 Å². The molecule has 694 valence electrons. The van der Waals surface area contributed by atoms with E-state index >= 15 is 17.6 Å². The summed E-state index contributed by atoms with van der Waals surface area (Å²) in [6.07, 6.45) is 8.74. The van der Waals surface area contributed by atoms with Gasteiger partial charge in [0.05, 0.1) is 34.2 Å². The molecule has 146 heavy (non-hydrogen) atoms. The predicted octanol–water partition coefficient (Wildman–Crippen LogP) is 36.5. The number of aromatic nitrogens is 6. The summed E-state index contributed by atoms with van der Waals surface area (Å²) in [6, 6.07) is 155. The fourth-order valence-electron chi connectivity index (χ4n) is 20.4. The highest BCUT2D eigenvalue weighted by Gasteiger charge is 2.24. The van der Waals surface area contributed by atoms with E-state index in [0.29, 0.717) is 22.3 Å². The van der Waals surface area contributed by atoms with Gasteiger partial charge in [0, 0.05) is 103 Å². The molecule has 18 aromatic carbocycles. The molecule has 23 aromatic rings. The molecule has 10 heteroatoms. The lowest BCUT2D eigenvalue weighted by atomic mass is 9.86. The van der Waals surface area contributed by atoms with Crippen LogP contribution in [0.2, 0.25) is 0 Å². The van der Waals surface area contributed by atoms with Gasteiger partial charge in [-0.25, -0.2) is 27.5 Å². The molecule has 0 N–H and O–H groups in total. The minimum atomic E-state index is -0.280. The molecule has 0 bridgehead atoms. The van der Waals surface area contributed by atoms with Crippen LogP contribution in [-0.4, -0.2) is 29.9 Å². The van der Waals surface area contributed by atoms with Crippen molar-refractivity contribution in [1.82, 2.24) is 29.9 Å². The van der Waals surface area contributed by atoms with Crippen molar-refractivity contribution in [2.45, 2.75) is 27.7 Å². The molecule has 23 rings (SSSR count). The molecule has 0 atom stereocenters. The van der Waals surface area contributed by atoms with Crippen LogP contribution < -0.4 is 0 Å². The van der Waals surface area contributed by atoms with Gasteiger partial charge < -0.3 is 0 Å². The van der Waals surface area contributed by atoms with Crippen molar-refractivity contribution in [1.29, 1.82) is 0 Å². The first-order valence-electron chi connectivity index (χ1n) is 48.9. The van der Waals surface area contributed by atoms with E-state index in [1.54, 1.807) is 79.6 Å². The van der Waals surface area contributed by atoms with E-state index < -0.39 is 0 Å². The van der Waals surface area contributed by atoms with E-state index in [-0.39, 0.29) is 23.3 Å². The molecule has 6 nitrogen and oxygen atoms in total. The molecule has 0 saturated carbocycles. The molecular formula is C136H92F4N6. The molecule has 0 aliphatic heterocycles. The van der Waals surface area contributed by atoms with Crippen LogP contribution in [0.5, 0.6) is 0 Å². The van der Waals surface area contributed by atoms with Gasteiger partial charge in [0.25, 0.3) is 0 Å². The van der Waals surface area contributed by atoms with Gasteiger partial charge in [-0.05, 0) is 274 Å². The standard InChI is InChI=1S/C136H92F4N6/c1-85-69-131(141-80-123(85)119-37-17-21-41-127(119)137)95-57-45-89(46-58-95)107-25-5-11-31-113(107)101-73-102(114-32-12-6-26-108(114)90-47-59-96(60-48-90)132-70-86(2)124(81-142-132)120-38-18-22-42-128(120)138)76-105(75-101)117-35-15-9-29-111(117)93-53-65-99(66-54-93)135-79-136(146-84-145-135)100-67-55-94(56-68-100)112-30-10-16-36-118(112)106-77-103(115-33-13-7-27-109(115)91-49-61-97(62-50-91)133-71-87(3)125(82-143-133)121-39-19-23-43-129(121)139)74-104(78-106)116-34-14-8-28-110(116)92-51-63-98(64-52-92)134-72-88(4)126(83-144-134)122-40-20-24-44-130(122)140/h5-84H,1-4H3. The summed E-state index contributed by atoms with van der Waals surface area (Å²) in [5.74, 6) is -1.12. The average molecular weight is 1890 g/mol. The summed E-state index contributed by atoms with van der Waals surface area (Å²) in [6.45, 7) is 8.01. The molecule has 0 amide bonds. The second-order valence-corrected chi connectivity index (χ2v) is 37.1. The number of hydrogen-bond acceptors (Lipinski definition) is 6. The van der Waals surface area contributed by atoms with Crippen LogP contribution in [0.15, 0.2) is 486 Å². The smallest absolute Gasteiger partial charge is 0.131 e. The Morgan fingerprint density at radius 2 is 0.260 bits per heavy atom. The summed E-state index contributed by atoms with van der Waals surface area (Å²) < 4.78 is 60.3. The Kier molecular flexibility index (Phi) is 24.9. The molecule has 5 heterocycles. The van der Waals surface area contributed by atoms with E-state index in [9.17, 15) is 0 Å². The van der Waals surface area contributed by atoms with Crippen LogP contribution in [-0.2, 0) is 0 Å². The van der Waals surface area contributed by atoms with E-state index in [2.05, 4.69) is 334 Å². The Morgan fingerprint density at radius 1 is 0.123 bits per heavy atom. The van der Waals surface area contributed by atoms with Gasteiger partial charge in [-0.3, -0.25) is 19.9 Å². The zero-order valence-corrected chi connectivity index (χ0v) is 80.4. The summed E-state index contributed by atoms with van der Waals surface area (Å²) >= 11 is 0. The number of aryl methyl sites for hydroxylation is 4.